The molecule has 2 rings (SSSR count). The van der Waals surface area contributed by atoms with Crippen molar-refractivity contribution in [1.82, 2.24) is 4.98 Å². The molecule has 0 amide bonds. The number of rotatable bonds is 2. The molecule has 2 aromatic rings. The van der Waals surface area contributed by atoms with E-state index in [1.54, 1.807) is 6.20 Å². The lowest BCUT2D eigenvalue weighted by Gasteiger charge is -2.06. The SMILES string of the molecule is CCOc1ccnc2cc(Br)ccc12. The Labute approximate surface area is 91.0 Å². The molecule has 0 aliphatic heterocycles. The van der Waals surface area contributed by atoms with Gasteiger partial charge in [0.15, 0.2) is 0 Å². The number of aromatic nitrogens is 1. The molecule has 1 aromatic carbocycles. The smallest absolute Gasteiger partial charge is 0.130 e. The summed E-state index contributed by atoms with van der Waals surface area (Å²) in [6.45, 7) is 2.65. The molecule has 3 heteroatoms. The van der Waals surface area contributed by atoms with Gasteiger partial charge in [-0.15, -0.1) is 0 Å². The van der Waals surface area contributed by atoms with Gasteiger partial charge in [0.25, 0.3) is 0 Å². The van der Waals surface area contributed by atoms with Crippen molar-refractivity contribution in [2.75, 3.05) is 6.61 Å². The number of nitrogens with zero attached hydrogens (tertiary/aromatic N) is 1. The third kappa shape index (κ3) is 1.73. The zero-order valence-corrected chi connectivity index (χ0v) is 9.41. The van der Waals surface area contributed by atoms with E-state index in [1.807, 2.05) is 31.2 Å². The van der Waals surface area contributed by atoms with Crippen molar-refractivity contribution in [2.24, 2.45) is 0 Å². The van der Waals surface area contributed by atoms with Crippen LogP contribution >= 0.6 is 15.9 Å². The third-order valence-corrected chi connectivity index (χ3v) is 2.46. The number of hydrogen-bond acceptors (Lipinski definition) is 2. The summed E-state index contributed by atoms with van der Waals surface area (Å²) in [4.78, 5) is 4.27. The van der Waals surface area contributed by atoms with E-state index in [0.717, 1.165) is 21.1 Å². The first-order chi connectivity index (χ1) is 6.81. The molecule has 0 fully saturated rings. The Hall–Kier alpha value is -1.09. The van der Waals surface area contributed by atoms with E-state index in [1.165, 1.54) is 0 Å². The van der Waals surface area contributed by atoms with Crippen LogP contribution in [0.3, 0.4) is 0 Å². The fraction of sp³-hybridized carbons (Fsp3) is 0.182. The lowest BCUT2D eigenvalue weighted by Crippen LogP contribution is -1.92. The molecule has 1 heterocycles. The molecule has 0 unspecified atom stereocenters. The maximum absolute atomic E-state index is 5.50. The number of ether oxygens (including phenoxy) is 1. The summed E-state index contributed by atoms with van der Waals surface area (Å²) in [7, 11) is 0. The number of halogens is 1. The number of pyridine rings is 1. The van der Waals surface area contributed by atoms with Gasteiger partial charge >= 0.3 is 0 Å². The highest BCUT2D eigenvalue weighted by molar-refractivity contribution is 9.10. The number of benzene rings is 1. The lowest BCUT2D eigenvalue weighted by molar-refractivity contribution is 0.344. The highest BCUT2D eigenvalue weighted by Crippen LogP contribution is 2.26. The Balaban J connectivity index is 2.62. The van der Waals surface area contributed by atoms with E-state index in [9.17, 15) is 0 Å². The van der Waals surface area contributed by atoms with E-state index >= 15 is 0 Å². The maximum atomic E-state index is 5.50. The highest BCUT2D eigenvalue weighted by Gasteiger charge is 2.01. The van der Waals surface area contributed by atoms with Crippen LogP contribution in [0.4, 0.5) is 0 Å². The fourth-order valence-electron chi connectivity index (χ4n) is 1.38. The van der Waals surface area contributed by atoms with Crippen LogP contribution < -0.4 is 4.74 Å². The normalized spacial score (nSPS) is 10.4. The molecule has 2 nitrogen and oxygen atoms in total. The Kier molecular flexibility index (Phi) is 2.68. The number of hydrogen-bond donors (Lipinski definition) is 0. The molecule has 0 atom stereocenters. The Morgan fingerprint density at radius 3 is 3.00 bits per heavy atom. The minimum atomic E-state index is 0.676. The van der Waals surface area contributed by atoms with Gasteiger partial charge in [-0.2, -0.15) is 0 Å². The molecule has 72 valence electrons. The molecular weight excluding hydrogens is 242 g/mol. The minimum absolute atomic E-state index is 0.676. The molecule has 1 aromatic heterocycles. The third-order valence-electron chi connectivity index (χ3n) is 1.96. The van der Waals surface area contributed by atoms with Crippen molar-refractivity contribution < 1.29 is 4.74 Å². The van der Waals surface area contributed by atoms with Gasteiger partial charge in [-0.3, -0.25) is 4.98 Å². The zero-order chi connectivity index (χ0) is 9.97. The van der Waals surface area contributed by atoms with Crippen molar-refractivity contribution in [3.63, 3.8) is 0 Å². The Morgan fingerprint density at radius 2 is 2.21 bits per heavy atom. The van der Waals surface area contributed by atoms with Crippen molar-refractivity contribution in [1.29, 1.82) is 0 Å². The molecule has 0 N–H and O–H groups in total. The summed E-state index contributed by atoms with van der Waals surface area (Å²) in [5.41, 5.74) is 0.949. The molecule has 0 radical (unpaired) electrons. The second kappa shape index (κ2) is 3.96. The van der Waals surface area contributed by atoms with E-state index in [4.69, 9.17) is 4.74 Å². The van der Waals surface area contributed by atoms with E-state index in [-0.39, 0.29) is 0 Å². The summed E-state index contributed by atoms with van der Waals surface area (Å²) < 4.78 is 6.54. The Morgan fingerprint density at radius 1 is 1.36 bits per heavy atom. The topological polar surface area (TPSA) is 22.1 Å². The molecule has 0 saturated heterocycles. The van der Waals surface area contributed by atoms with E-state index in [0.29, 0.717) is 6.61 Å². The standard InChI is InChI=1S/C11H10BrNO/c1-2-14-11-5-6-13-10-7-8(12)3-4-9(10)11/h3-7H,2H2,1H3. The van der Waals surface area contributed by atoms with Crippen LogP contribution in [0.25, 0.3) is 10.9 Å². The first-order valence-electron chi connectivity index (χ1n) is 4.48. The van der Waals surface area contributed by atoms with Crippen molar-refractivity contribution in [3.05, 3.63) is 34.9 Å². The second-order valence-electron chi connectivity index (χ2n) is 2.90. The van der Waals surface area contributed by atoms with Crippen molar-refractivity contribution >= 4 is 26.8 Å². The summed E-state index contributed by atoms with van der Waals surface area (Å²) in [6.07, 6.45) is 1.76. The largest absolute Gasteiger partial charge is 0.493 e. The Bertz CT molecular complexity index is 456. The molecule has 0 aliphatic carbocycles. The van der Waals surface area contributed by atoms with E-state index in [2.05, 4.69) is 20.9 Å². The van der Waals surface area contributed by atoms with Gasteiger partial charge in [-0.05, 0) is 31.2 Å². The van der Waals surface area contributed by atoms with Gasteiger partial charge in [0.1, 0.15) is 5.75 Å². The van der Waals surface area contributed by atoms with Gasteiger partial charge in [0.2, 0.25) is 0 Å². The van der Waals surface area contributed by atoms with E-state index < -0.39 is 0 Å². The molecule has 0 saturated carbocycles. The van der Waals surface area contributed by atoms with Crippen LogP contribution in [0, 0.1) is 0 Å². The minimum Gasteiger partial charge on any atom is -0.493 e. The lowest BCUT2D eigenvalue weighted by atomic mass is 10.2. The quantitative estimate of drug-likeness (QED) is 0.817. The van der Waals surface area contributed by atoms with Crippen LogP contribution in [0.15, 0.2) is 34.9 Å². The average Bonchev–Trinajstić information content (AvgIpc) is 2.18. The molecule has 0 aliphatic rings. The molecule has 0 bridgehead atoms. The summed E-state index contributed by atoms with van der Waals surface area (Å²) >= 11 is 3.42. The van der Waals surface area contributed by atoms with Crippen LogP contribution in [0.5, 0.6) is 5.75 Å². The number of fused-ring (bicyclic) bond motifs is 1. The van der Waals surface area contributed by atoms with Gasteiger partial charge in [-0.25, -0.2) is 0 Å². The highest BCUT2D eigenvalue weighted by atomic mass is 79.9. The fourth-order valence-corrected chi connectivity index (χ4v) is 1.73. The monoisotopic (exact) mass is 251 g/mol. The van der Waals surface area contributed by atoms with Crippen LogP contribution in [0.2, 0.25) is 0 Å². The zero-order valence-electron chi connectivity index (χ0n) is 7.83. The summed E-state index contributed by atoms with van der Waals surface area (Å²) in [5, 5.41) is 1.05. The molecule has 14 heavy (non-hydrogen) atoms. The molecular formula is C11H10BrNO. The average molecular weight is 252 g/mol. The summed E-state index contributed by atoms with van der Waals surface area (Å²) in [5.74, 6) is 0.894. The van der Waals surface area contributed by atoms with Crippen LogP contribution in [0.1, 0.15) is 6.92 Å². The van der Waals surface area contributed by atoms with Gasteiger partial charge < -0.3 is 4.74 Å². The van der Waals surface area contributed by atoms with Crippen LogP contribution in [-0.4, -0.2) is 11.6 Å². The first-order valence-corrected chi connectivity index (χ1v) is 5.27. The predicted molar refractivity (Wildman–Crippen MR) is 60.6 cm³/mol. The predicted octanol–water partition coefficient (Wildman–Crippen LogP) is 3.40. The second-order valence-corrected chi connectivity index (χ2v) is 3.82. The first kappa shape index (κ1) is 9.46. The molecule has 0 spiro atoms. The van der Waals surface area contributed by atoms with Crippen LogP contribution in [-0.2, 0) is 0 Å². The van der Waals surface area contributed by atoms with Gasteiger partial charge in [0, 0.05) is 16.1 Å². The van der Waals surface area contributed by atoms with Gasteiger partial charge in [-0.1, -0.05) is 15.9 Å². The van der Waals surface area contributed by atoms with Gasteiger partial charge in [0.05, 0.1) is 12.1 Å². The summed E-state index contributed by atoms with van der Waals surface area (Å²) in [6, 6.07) is 7.88. The van der Waals surface area contributed by atoms with Crippen molar-refractivity contribution in [2.45, 2.75) is 6.92 Å². The maximum Gasteiger partial charge on any atom is 0.130 e. The van der Waals surface area contributed by atoms with Crippen molar-refractivity contribution in [3.8, 4) is 5.75 Å².